The fourth-order valence-electron chi connectivity index (χ4n) is 2.52. The predicted molar refractivity (Wildman–Crippen MR) is 80.8 cm³/mol. The van der Waals surface area contributed by atoms with E-state index in [9.17, 15) is 4.79 Å². The molecule has 1 N–H and O–H groups in total. The van der Waals surface area contributed by atoms with Gasteiger partial charge in [0.2, 0.25) is 0 Å². The van der Waals surface area contributed by atoms with Gasteiger partial charge in [-0.3, -0.25) is 4.79 Å². The topological polar surface area (TPSA) is 41.6 Å². The molecule has 0 aromatic carbocycles. The highest BCUT2D eigenvalue weighted by atomic mass is 35.5. The van der Waals surface area contributed by atoms with E-state index in [1.54, 1.807) is 0 Å². The minimum Gasteiger partial charge on any atom is -0.469 e. The Morgan fingerprint density at radius 3 is 2.42 bits per heavy atom. The van der Waals surface area contributed by atoms with Crippen molar-refractivity contribution >= 4 is 18.4 Å². The second-order valence-corrected chi connectivity index (χ2v) is 5.97. The molecule has 0 radical (unpaired) electrons. The zero-order valence-electron chi connectivity index (χ0n) is 12.7. The molecule has 0 amide bonds. The molecule has 1 aliphatic rings. The summed E-state index contributed by atoms with van der Waals surface area (Å²) >= 11 is 0. The summed E-state index contributed by atoms with van der Waals surface area (Å²) in [4.78, 5) is 14.1. The van der Waals surface area contributed by atoms with Gasteiger partial charge in [-0.05, 0) is 72.3 Å². The van der Waals surface area contributed by atoms with E-state index in [0.29, 0.717) is 0 Å². The second kappa shape index (κ2) is 8.77. The van der Waals surface area contributed by atoms with Gasteiger partial charge in [0.05, 0.1) is 12.5 Å². The Hall–Kier alpha value is -0.320. The quantitative estimate of drug-likeness (QED) is 0.760. The lowest BCUT2D eigenvalue weighted by molar-refractivity contribution is -0.151. The van der Waals surface area contributed by atoms with Gasteiger partial charge in [0.15, 0.2) is 0 Å². The molecule has 1 rings (SSSR count). The number of hydrogen-bond acceptors (Lipinski definition) is 4. The molecule has 0 aromatic rings. The lowest BCUT2D eigenvalue weighted by Crippen LogP contribution is -2.39. The maximum Gasteiger partial charge on any atom is 0.311 e. The van der Waals surface area contributed by atoms with E-state index < -0.39 is 0 Å². The number of carbonyl (C=O) groups excluding carboxylic acids is 1. The van der Waals surface area contributed by atoms with Crippen molar-refractivity contribution in [1.29, 1.82) is 0 Å². The maximum absolute atomic E-state index is 11.6. The van der Waals surface area contributed by atoms with E-state index in [4.69, 9.17) is 4.74 Å². The number of piperidine rings is 1. The molecular formula is C14H29ClN2O2. The summed E-state index contributed by atoms with van der Waals surface area (Å²) in [7, 11) is 3.48. The van der Waals surface area contributed by atoms with Crippen LogP contribution in [0.4, 0.5) is 0 Å². The van der Waals surface area contributed by atoms with Gasteiger partial charge in [-0.1, -0.05) is 0 Å². The van der Waals surface area contributed by atoms with Crippen LogP contribution >= 0.6 is 12.4 Å². The van der Waals surface area contributed by atoms with Crippen molar-refractivity contribution in [3.05, 3.63) is 0 Å². The molecule has 1 saturated heterocycles. The Morgan fingerprint density at radius 1 is 1.37 bits per heavy atom. The summed E-state index contributed by atoms with van der Waals surface area (Å²) in [5, 5.41) is 3.25. The van der Waals surface area contributed by atoms with Crippen molar-refractivity contribution < 1.29 is 9.53 Å². The highest BCUT2D eigenvalue weighted by Gasteiger charge is 2.29. The molecule has 1 aliphatic heterocycles. The average Bonchev–Trinajstić information content (AvgIpc) is 2.37. The Balaban J connectivity index is 0.00000324. The first kappa shape index (κ1) is 18.7. The Kier molecular flexibility index (Phi) is 8.62. The van der Waals surface area contributed by atoms with Crippen LogP contribution in [0.5, 0.6) is 0 Å². The molecule has 0 atom stereocenters. The molecule has 0 saturated carbocycles. The van der Waals surface area contributed by atoms with Crippen LogP contribution in [0, 0.1) is 11.3 Å². The maximum atomic E-state index is 11.6. The SMILES string of the molecule is CNCC1CCN(CCC(C)(C)C(=O)OC)CC1.Cl. The van der Waals surface area contributed by atoms with Crippen LogP contribution in [0.2, 0.25) is 0 Å². The number of likely N-dealkylation sites (tertiary alicyclic amines) is 1. The van der Waals surface area contributed by atoms with Crippen LogP contribution in [-0.4, -0.2) is 51.2 Å². The van der Waals surface area contributed by atoms with Crippen LogP contribution in [0.15, 0.2) is 0 Å². The molecule has 1 heterocycles. The molecule has 4 nitrogen and oxygen atoms in total. The normalized spacial score (nSPS) is 17.9. The summed E-state index contributed by atoms with van der Waals surface area (Å²) in [6.45, 7) is 8.36. The molecule has 19 heavy (non-hydrogen) atoms. The molecule has 114 valence electrons. The zero-order valence-corrected chi connectivity index (χ0v) is 13.5. The van der Waals surface area contributed by atoms with E-state index in [1.807, 2.05) is 20.9 Å². The Morgan fingerprint density at radius 2 is 1.95 bits per heavy atom. The van der Waals surface area contributed by atoms with Crippen molar-refractivity contribution in [2.45, 2.75) is 33.1 Å². The Labute approximate surface area is 123 Å². The molecule has 1 fully saturated rings. The largest absolute Gasteiger partial charge is 0.469 e. The summed E-state index contributed by atoms with van der Waals surface area (Å²) in [6, 6.07) is 0. The third kappa shape index (κ3) is 6.11. The van der Waals surface area contributed by atoms with E-state index in [0.717, 1.165) is 38.5 Å². The molecule has 0 bridgehead atoms. The van der Waals surface area contributed by atoms with Gasteiger partial charge in [-0.15, -0.1) is 12.4 Å². The van der Waals surface area contributed by atoms with Crippen molar-refractivity contribution in [2.24, 2.45) is 11.3 Å². The van der Waals surface area contributed by atoms with Crippen LogP contribution in [-0.2, 0) is 9.53 Å². The van der Waals surface area contributed by atoms with E-state index in [2.05, 4.69) is 10.2 Å². The number of nitrogens with zero attached hydrogens (tertiary/aromatic N) is 1. The second-order valence-electron chi connectivity index (χ2n) is 5.97. The third-order valence-electron chi connectivity index (χ3n) is 3.99. The zero-order chi connectivity index (χ0) is 13.6. The highest BCUT2D eigenvalue weighted by Crippen LogP contribution is 2.24. The fraction of sp³-hybridized carbons (Fsp3) is 0.929. The lowest BCUT2D eigenvalue weighted by atomic mass is 9.88. The van der Waals surface area contributed by atoms with Crippen molar-refractivity contribution in [3.63, 3.8) is 0 Å². The summed E-state index contributed by atoms with van der Waals surface area (Å²) in [6.07, 6.45) is 3.40. The molecule has 0 aromatic heterocycles. The van der Waals surface area contributed by atoms with E-state index in [1.165, 1.54) is 20.0 Å². The molecule has 0 spiro atoms. The van der Waals surface area contributed by atoms with Crippen molar-refractivity contribution in [2.75, 3.05) is 40.3 Å². The number of halogens is 1. The van der Waals surface area contributed by atoms with Gasteiger partial charge < -0.3 is 15.0 Å². The molecule has 0 unspecified atom stereocenters. The summed E-state index contributed by atoms with van der Waals surface area (Å²) in [5.41, 5.74) is -0.365. The first-order valence-electron chi connectivity index (χ1n) is 6.95. The predicted octanol–water partition coefficient (Wildman–Crippen LogP) is 1.93. The van der Waals surface area contributed by atoms with Crippen LogP contribution in [0.3, 0.4) is 0 Å². The minimum absolute atomic E-state index is 0. The minimum atomic E-state index is -0.365. The Bertz CT molecular complexity index is 264. The number of carbonyl (C=O) groups is 1. The number of rotatable bonds is 6. The van der Waals surface area contributed by atoms with Crippen LogP contribution in [0.1, 0.15) is 33.1 Å². The highest BCUT2D eigenvalue weighted by molar-refractivity contribution is 5.85. The lowest BCUT2D eigenvalue weighted by Gasteiger charge is -2.33. The summed E-state index contributed by atoms with van der Waals surface area (Å²) < 4.78 is 4.84. The number of methoxy groups -OCH3 is 1. The van der Waals surface area contributed by atoms with Gasteiger partial charge in [-0.25, -0.2) is 0 Å². The van der Waals surface area contributed by atoms with E-state index >= 15 is 0 Å². The first-order valence-corrected chi connectivity index (χ1v) is 6.95. The standard InChI is InChI=1S/C14H28N2O2.ClH/c1-14(2,13(17)18-4)7-10-16-8-5-12(6-9-16)11-15-3;/h12,15H,5-11H2,1-4H3;1H. The number of nitrogens with one attached hydrogen (secondary N) is 1. The van der Waals surface area contributed by atoms with Gasteiger partial charge in [0.1, 0.15) is 0 Å². The van der Waals surface area contributed by atoms with Gasteiger partial charge in [0, 0.05) is 0 Å². The van der Waals surface area contributed by atoms with Crippen LogP contribution in [0.25, 0.3) is 0 Å². The van der Waals surface area contributed by atoms with E-state index in [-0.39, 0.29) is 23.8 Å². The summed E-state index contributed by atoms with van der Waals surface area (Å²) in [5.74, 6) is 0.715. The average molecular weight is 293 g/mol. The number of esters is 1. The molecule has 0 aliphatic carbocycles. The van der Waals surface area contributed by atoms with Crippen molar-refractivity contribution in [3.8, 4) is 0 Å². The third-order valence-corrected chi connectivity index (χ3v) is 3.99. The van der Waals surface area contributed by atoms with Gasteiger partial charge >= 0.3 is 5.97 Å². The van der Waals surface area contributed by atoms with Gasteiger partial charge in [-0.2, -0.15) is 0 Å². The van der Waals surface area contributed by atoms with Crippen LogP contribution < -0.4 is 5.32 Å². The smallest absolute Gasteiger partial charge is 0.311 e. The molecule has 5 heteroatoms. The van der Waals surface area contributed by atoms with Gasteiger partial charge in [0.25, 0.3) is 0 Å². The molecular weight excluding hydrogens is 264 g/mol. The fourth-order valence-corrected chi connectivity index (χ4v) is 2.52. The number of ether oxygens (including phenoxy) is 1. The van der Waals surface area contributed by atoms with Crippen molar-refractivity contribution in [1.82, 2.24) is 10.2 Å². The monoisotopic (exact) mass is 292 g/mol. The first-order chi connectivity index (χ1) is 8.49. The number of hydrogen-bond donors (Lipinski definition) is 1.